The van der Waals surface area contributed by atoms with Gasteiger partial charge in [0, 0.05) is 23.5 Å². The highest BCUT2D eigenvalue weighted by Crippen LogP contribution is 2.45. The number of carboxylic acids is 1. The molecule has 0 spiro atoms. The lowest BCUT2D eigenvalue weighted by Gasteiger charge is -2.42. The maximum absolute atomic E-state index is 10.7. The molecule has 5 heteroatoms. The minimum Gasteiger partial charge on any atom is -0.550 e. The Morgan fingerprint density at radius 3 is 2.53 bits per heavy atom. The van der Waals surface area contributed by atoms with Crippen molar-refractivity contribution in [2.24, 2.45) is 0 Å². The van der Waals surface area contributed by atoms with Gasteiger partial charge >= 0.3 is 0 Å². The molecule has 0 saturated carbocycles. The normalized spacial score (nSPS) is 15.8. The van der Waals surface area contributed by atoms with Crippen LogP contribution in [0.25, 0.3) is 0 Å². The van der Waals surface area contributed by atoms with E-state index in [1.54, 1.807) is 0 Å². The first kappa shape index (κ1) is 23.8. The van der Waals surface area contributed by atoms with Crippen molar-refractivity contribution >= 4 is 5.97 Å². The molecule has 0 N–H and O–H groups in total. The van der Waals surface area contributed by atoms with Gasteiger partial charge in [-0.3, -0.25) is 4.98 Å². The molecule has 0 saturated heterocycles. The summed E-state index contributed by atoms with van der Waals surface area (Å²) in [5.41, 5.74) is 4.04. The number of carbonyl (C=O) groups is 1. The fourth-order valence-electron chi connectivity index (χ4n) is 4.58. The number of unbranched alkanes of at least 4 members (excludes halogenated alkanes) is 3. The van der Waals surface area contributed by atoms with E-state index in [4.69, 9.17) is 4.74 Å². The molecular weight excluding hydrogens is 400 g/mol. The molecule has 170 valence electrons. The number of nitrogens with zero attached hydrogens (tertiary/aromatic N) is 2. The Morgan fingerprint density at radius 2 is 1.88 bits per heavy atom. The fourth-order valence-corrected chi connectivity index (χ4v) is 4.58. The number of carboxylic acid groups (broad SMARTS) is 1. The van der Waals surface area contributed by atoms with Crippen LogP contribution in [0.3, 0.4) is 0 Å². The van der Waals surface area contributed by atoms with Gasteiger partial charge in [0.2, 0.25) is 0 Å². The number of benzene rings is 1. The van der Waals surface area contributed by atoms with Crippen molar-refractivity contribution in [3.63, 3.8) is 0 Å². The topological polar surface area (TPSA) is 75.1 Å². The largest absolute Gasteiger partial charge is 0.550 e. The van der Waals surface area contributed by atoms with Gasteiger partial charge in [0.15, 0.2) is 0 Å². The second kappa shape index (κ2) is 9.73. The molecule has 0 amide bonds. The van der Waals surface area contributed by atoms with Crippen LogP contribution in [0.4, 0.5) is 0 Å². The van der Waals surface area contributed by atoms with E-state index in [2.05, 4.69) is 68.6 Å². The van der Waals surface area contributed by atoms with E-state index >= 15 is 0 Å². The number of hydrogen-bond acceptors (Lipinski definition) is 5. The predicted molar refractivity (Wildman–Crippen MR) is 123 cm³/mol. The Kier molecular flexibility index (Phi) is 7.23. The van der Waals surface area contributed by atoms with Gasteiger partial charge in [0.1, 0.15) is 17.0 Å². The molecule has 0 unspecified atom stereocenters. The zero-order valence-corrected chi connectivity index (χ0v) is 19.9. The number of rotatable bonds is 7. The first-order valence-corrected chi connectivity index (χ1v) is 11.5. The van der Waals surface area contributed by atoms with Crippen LogP contribution in [0.15, 0.2) is 24.5 Å². The third-order valence-electron chi connectivity index (χ3n) is 5.84. The van der Waals surface area contributed by atoms with Crippen LogP contribution in [0, 0.1) is 11.8 Å². The van der Waals surface area contributed by atoms with E-state index in [0.29, 0.717) is 11.4 Å². The van der Waals surface area contributed by atoms with Crippen LogP contribution >= 0.6 is 0 Å². The zero-order chi connectivity index (χ0) is 23.4. The minimum atomic E-state index is -1.17. The van der Waals surface area contributed by atoms with Gasteiger partial charge in [0.25, 0.3) is 0 Å². The van der Waals surface area contributed by atoms with E-state index in [1.165, 1.54) is 42.8 Å². The summed E-state index contributed by atoms with van der Waals surface area (Å²) in [6, 6.07) is 4.37. The number of ether oxygens (including phenoxy) is 1. The molecular formula is C27H33N2O3-. The molecule has 2 heterocycles. The molecule has 1 aliphatic heterocycles. The van der Waals surface area contributed by atoms with Gasteiger partial charge in [-0.25, -0.2) is 4.98 Å². The Bertz CT molecular complexity index is 1030. The van der Waals surface area contributed by atoms with Crippen molar-refractivity contribution in [3.05, 3.63) is 52.6 Å². The van der Waals surface area contributed by atoms with Crippen molar-refractivity contribution in [1.82, 2.24) is 9.97 Å². The maximum atomic E-state index is 10.7. The minimum absolute atomic E-state index is 0.0133. The lowest BCUT2D eigenvalue weighted by atomic mass is 9.73. The van der Waals surface area contributed by atoms with Crippen LogP contribution in [-0.4, -0.2) is 21.5 Å². The quantitative estimate of drug-likeness (QED) is 0.485. The van der Waals surface area contributed by atoms with Crippen molar-refractivity contribution in [1.29, 1.82) is 0 Å². The molecule has 1 aliphatic rings. The summed E-state index contributed by atoms with van der Waals surface area (Å²) >= 11 is 0. The monoisotopic (exact) mass is 433 g/mol. The Balaban J connectivity index is 1.95. The van der Waals surface area contributed by atoms with Crippen LogP contribution in [-0.2, 0) is 23.1 Å². The molecule has 2 aromatic rings. The molecule has 0 aliphatic carbocycles. The molecule has 0 bridgehead atoms. The molecule has 0 atom stereocenters. The molecule has 0 radical (unpaired) electrons. The van der Waals surface area contributed by atoms with E-state index < -0.39 is 5.97 Å². The molecule has 3 rings (SSSR count). The van der Waals surface area contributed by atoms with Gasteiger partial charge < -0.3 is 14.6 Å². The summed E-state index contributed by atoms with van der Waals surface area (Å²) in [6.07, 6.45) is 9.34. The summed E-state index contributed by atoms with van der Waals surface area (Å²) in [7, 11) is 0. The van der Waals surface area contributed by atoms with Crippen molar-refractivity contribution in [2.45, 2.75) is 90.6 Å². The molecule has 32 heavy (non-hydrogen) atoms. The number of fused-ring (bicyclic) bond motifs is 1. The predicted octanol–water partition coefficient (Wildman–Crippen LogP) is 4.13. The molecule has 1 aromatic carbocycles. The summed E-state index contributed by atoms with van der Waals surface area (Å²) < 4.78 is 6.36. The maximum Gasteiger partial charge on any atom is 0.131 e. The molecule has 1 aromatic heterocycles. The number of aliphatic carboxylic acids is 1. The van der Waals surface area contributed by atoms with Crippen LogP contribution in [0.1, 0.15) is 94.8 Å². The number of aryl methyl sites for hydroxylation is 1. The zero-order valence-electron chi connectivity index (χ0n) is 19.9. The van der Waals surface area contributed by atoms with E-state index in [-0.39, 0.29) is 17.4 Å². The van der Waals surface area contributed by atoms with Gasteiger partial charge in [-0.05, 0) is 62.1 Å². The third-order valence-corrected chi connectivity index (χ3v) is 5.84. The number of aromatic nitrogens is 2. The summed E-state index contributed by atoms with van der Waals surface area (Å²) in [6.45, 7) is 11.0. The van der Waals surface area contributed by atoms with Gasteiger partial charge in [-0.2, -0.15) is 0 Å². The van der Waals surface area contributed by atoms with Crippen molar-refractivity contribution in [3.8, 4) is 17.6 Å². The summed E-state index contributed by atoms with van der Waals surface area (Å²) in [5, 5.41) is 10.7. The molecule has 0 fully saturated rings. The second-order valence-electron chi connectivity index (χ2n) is 9.93. The SMILES string of the molecule is CCCCCCc1cc2c(cc1C#Cc1cnc(CC(=O)[O-])cn1)C(C)(C)CC(C)(C)O2. The average molecular weight is 434 g/mol. The van der Waals surface area contributed by atoms with E-state index in [1.807, 2.05) is 0 Å². The number of carbonyl (C=O) groups excluding carboxylic acids is 1. The lowest BCUT2D eigenvalue weighted by molar-refractivity contribution is -0.304. The first-order chi connectivity index (χ1) is 15.1. The second-order valence-corrected chi connectivity index (χ2v) is 9.93. The third kappa shape index (κ3) is 6.09. The summed E-state index contributed by atoms with van der Waals surface area (Å²) in [5.74, 6) is 6.20. The Morgan fingerprint density at radius 1 is 1.09 bits per heavy atom. The Labute approximate surface area is 191 Å². The fraction of sp³-hybridized carbons (Fsp3) is 0.519. The highest BCUT2D eigenvalue weighted by Gasteiger charge is 2.39. The smallest absolute Gasteiger partial charge is 0.131 e. The van der Waals surface area contributed by atoms with Crippen LogP contribution in [0.2, 0.25) is 0 Å². The number of hydrogen-bond donors (Lipinski definition) is 0. The van der Waals surface area contributed by atoms with Crippen molar-refractivity contribution in [2.75, 3.05) is 0 Å². The van der Waals surface area contributed by atoms with Crippen molar-refractivity contribution < 1.29 is 14.6 Å². The highest BCUT2D eigenvalue weighted by atomic mass is 16.5. The average Bonchev–Trinajstić information content (AvgIpc) is 2.69. The van der Waals surface area contributed by atoms with Gasteiger partial charge in [0.05, 0.1) is 18.1 Å². The summed E-state index contributed by atoms with van der Waals surface area (Å²) in [4.78, 5) is 19.1. The van der Waals surface area contributed by atoms with Gasteiger partial charge in [-0.15, -0.1) is 0 Å². The van der Waals surface area contributed by atoms with E-state index in [9.17, 15) is 9.90 Å². The van der Waals surface area contributed by atoms with Crippen LogP contribution < -0.4 is 9.84 Å². The standard InChI is InChI=1S/C27H34N2O3/c1-6-7-8-9-10-19-14-24-23(26(2,3)18-27(4,5)32-24)13-20(19)11-12-21-16-29-22(17-28-21)15-25(30)31/h13-14,16-17H,6-10,15,18H2,1-5H3,(H,30,31)/p-1. The lowest BCUT2D eigenvalue weighted by Crippen LogP contribution is -2.41. The van der Waals surface area contributed by atoms with E-state index in [0.717, 1.165) is 30.6 Å². The van der Waals surface area contributed by atoms with Crippen LogP contribution in [0.5, 0.6) is 5.75 Å². The first-order valence-electron chi connectivity index (χ1n) is 11.5. The van der Waals surface area contributed by atoms with Gasteiger partial charge in [-0.1, -0.05) is 46.0 Å². The highest BCUT2D eigenvalue weighted by molar-refractivity contribution is 5.67. The molecule has 5 nitrogen and oxygen atoms in total. The Hall–Kier alpha value is -2.87.